The molecule has 7 heteroatoms. The van der Waals surface area contributed by atoms with E-state index in [1.807, 2.05) is 10.8 Å². The first kappa shape index (κ1) is 20.9. The first-order valence-corrected chi connectivity index (χ1v) is 11.2. The van der Waals surface area contributed by atoms with E-state index < -0.39 is 5.97 Å². The van der Waals surface area contributed by atoms with Crippen LogP contribution in [0.5, 0.6) is 0 Å². The number of nitrogens with one attached hydrogen (secondary N) is 1. The van der Waals surface area contributed by atoms with Gasteiger partial charge in [-0.15, -0.1) is 0 Å². The van der Waals surface area contributed by atoms with E-state index in [0.717, 1.165) is 18.7 Å². The maximum Gasteiger partial charge on any atom is 0.336 e. The van der Waals surface area contributed by atoms with Crippen molar-refractivity contribution in [2.75, 3.05) is 12.3 Å². The van der Waals surface area contributed by atoms with Crippen molar-refractivity contribution < 1.29 is 19.4 Å². The Labute approximate surface area is 173 Å². The Hall–Kier alpha value is -2.80. The van der Waals surface area contributed by atoms with Gasteiger partial charge in [0.05, 0.1) is 5.56 Å². The third kappa shape index (κ3) is 4.15. The number of carbonyl (C=O) groups excluding carboxylic acids is 1. The fraction of sp³-hybridized carbons (Fsp3) is 0.318. The van der Waals surface area contributed by atoms with Crippen LogP contribution in [0.15, 0.2) is 53.6 Å². The number of rotatable bonds is 7. The molecule has 1 amide bonds. The SMILES string of the molecule is CCC1=S(CC)C(NC(=O)c2ccccc2-c2ccccc2C(=O)O)N=[N+]1CC. The van der Waals surface area contributed by atoms with E-state index >= 15 is 0 Å². The number of aromatic carboxylic acids is 1. The van der Waals surface area contributed by atoms with Crippen LogP contribution < -0.4 is 5.32 Å². The standard InChI is InChI=1S/C22H25N3O3S/c1-4-19-25(5-2)24-22(29(19)6-3)23-20(26)17-13-9-7-11-15(17)16-12-8-10-14-18(16)21(27)28/h7-14,22H,4-6H2,1-3H3,(H-,23,26,27,28)/p+1. The van der Waals surface area contributed by atoms with E-state index in [4.69, 9.17) is 5.11 Å². The summed E-state index contributed by atoms with van der Waals surface area (Å²) in [6.45, 7) is 7.06. The van der Waals surface area contributed by atoms with Crippen molar-refractivity contribution in [3.63, 3.8) is 0 Å². The molecule has 0 saturated carbocycles. The predicted molar refractivity (Wildman–Crippen MR) is 117 cm³/mol. The Kier molecular flexibility index (Phi) is 6.59. The minimum atomic E-state index is -1.02. The highest BCUT2D eigenvalue weighted by molar-refractivity contribution is 8.16. The number of benzene rings is 2. The van der Waals surface area contributed by atoms with Gasteiger partial charge < -0.3 is 10.4 Å². The molecule has 0 saturated heterocycles. The second-order valence-corrected chi connectivity index (χ2v) is 8.87. The molecule has 1 aliphatic heterocycles. The molecule has 2 atom stereocenters. The highest BCUT2D eigenvalue weighted by Crippen LogP contribution is 2.31. The lowest BCUT2D eigenvalue weighted by atomic mass is 9.95. The second-order valence-electron chi connectivity index (χ2n) is 6.52. The first-order valence-electron chi connectivity index (χ1n) is 9.78. The first-order chi connectivity index (χ1) is 14.0. The lowest BCUT2D eigenvalue weighted by molar-refractivity contribution is -0.477. The molecule has 0 spiro atoms. The molecule has 6 nitrogen and oxygen atoms in total. The normalized spacial score (nSPS) is 18.4. The van der Waals surface area contributed by atoms with Crippen LogP contribution in [-0.2, 0) is 0 Å². The smallest absolute Gasteiger partial charge is 0.336 e. The van der Waals surface area contributed by atoms with Crippen LogP contribution >= 0.6 is 10.5 Å². The maximum atomic E-state index is 13.2. The number of azo groups is 2. The second kappa shape index (κ2) is 9.13. The highest BCUT2D eigenvalue weighted by Gasteiger charge is 2.33. The molecule has 152 valence electrons. The molecular formula is C22H26N3O3S+. The van der Waals surface area contributed by atoms with Crippen LogP contribution in [0.2, 0.25) is 0 Å². The summed E-state index contributed by atoms with van der Waals surface area (Å²) in [5.74, 6) is -0.346. The molecule has 2 aromatic carbocycles. The van der Waals surface area contributed by atoms with Crippen molar-refractivity contribution in [3.05, 3.63) is 59.7 Å². The number of carboxylic acids is 1. The van der Waals surface area contributed by atoms with Gasteiger partial charge in [-0.3, -0.25) is 4.79 Å². The Bertz CT molecular complexity index is 1010. The van der Waals surface area contributed by atoms with Crippen LogP contribution in [0.25, 0.3) is 11.1 Å². The summed E-state index contributed by atoms with van der Waals surface area (Å²) in [6.07, 6.45) is 0.906. The molecule has 1 aliphatic rings. The van der Waals surface area contributed by atoms with Crippen molar-refractivity contribution in [3.8, 4) is 11.1 Å². The summed E-state index contributed by atoms with van der Waals surface area (Å²) in [5.41, 5.74) is 1.46. The fourth-order valence-corrected chi connectivity index (χ4v) is 5.77. The summed E-state index contributed by atoms with van der Waals surface area (Å²) >= 11 is 0. The van der Waals surface area contributed by atoms with Gasteiger partial charge in [-0.2, -0.15) is 0 Å². The average Bonchev–Trinajstić information content (AvgIpc) is 3.09. The minimum Gasteiger partial charge on any atom is -0.478 e. The van der Waals surface area contributed by atoms with Gasteiger partial charge in [0.1, 0.15) is 0 Å². The Morgan fingerprint density at radius 1 is 1.03 bits per heavy atom. The highest BCUT2D eigenvalue weighted by atomic mass is 32.2. The summed E-state index contributed by atoms with van der Waals surface area (Å²) in [7, 11) is -0.147. The molecular weight excluding hydrogens is 386 g/mol. The van der Waals surface area contributed by atoms with Crippen molar-refractivity contribution in [1.29, 1.82) is 0 Å². The monoisotopic (exact) mass is 412 g/mol. The van der Waals surface area contributed by atoms with Crippen LogP contribution in [0.4, 0.5) is 0 Å². The molecule has 2 unspecified atom stereocenters. The van der Waals surface area contributed by atoms with Crippen LogP contribution in [0, 0.1) is 0 Å². The van der Waals surface area contributed by atoms with Gasteiger partial charge >= 0.3 is 5.97 Å². The molecule has 0 bridgehead atoms. The van der Waals surface area contributed by atoms with Crippen LogP contribution in [0.3, 0.4) is 0 Å². The predicted octanol–water partition coefficient (Wildman–Crippen LogP) is 4.39. The van der Waals surface area contributed by atoms with Crippen molar-refractivity contribution in [2.24, 2.45) is 5.11 Å². The largest absolute Gasteiger partial charge is 0.478 e. The van der Waals surface area contributed by atoms with E-state index in [2.05, 4.69) is 26.1 Å². The lowest BCUT2D eigenvalue weighted by Gasteiger charge is -2.14. The summed E-state index contributed by atoms with van der Waals surface area (Å²) in [4.78, 5) is 26.1. The van der Waals surface area contributed by atoms with Gasteiger partial charge in [-0.05, 0) is 41.1 Å². The molecule has 3 rings (SSSR count). The molecule has 2 aromatic rings. The number of hydrogen-bond acceptors (Lipinski definition) is 3. The van der Waals surface area contributed by atoms with Gasteiger partial charge in [0.2, 0.25) is 10.5 Å². The van der Waals surface area contributed by atoms with Gasteiger partial charge in [-0.25, -0.2) is 4.79 Å². The van der Waals surface area contributed by atoms with E-state index in [1.54, 1.807) is 42.5 Å². The Morgan fingerprint density at radius 3 is 2.17 bits per heavy atom. The van der Waals surface area contributed by atoms with Crippen molar-refractivity contribution in [2.45, 2.75) is 32.7 Å². The molecule has 29 heavy (non-hydrogen) atoms. The van der Waals surface area contributed by atoms with Crippen LogP contribution in [-0.4, -0.2) is 44.5 Å². The molecule has 0 aromatic heterocycles. The fourth-order valence-electron chi connectivity index (χ4n) is 3.57. The summed E-state index contributed by atoms with van der Waals surface area (Å²) in [5, 5.41) is 17.3. The van der Waals surface area contributed by atoms with E-state index in [0.29, 0.717) is 16.7 Å². The third-order valence-electron chi connectivity index (χ3n) is 4.89. The molecule has 0 fully saturated rings. The van der Waals surface area contributed by atoms with E-state index in [1.165, 1.54) is 4.99 Å². The summed E-state index contributed by atoms with van der Waals surface area (Å²) in [6, 6.07) is 13.8. The lowest BCUT2D eigenvalue weighted by Crippen LogP contribution is -2.32. The van der Waals surface area contributed by atoms with Gasteiger partial charge in [0, 0.05) is 12.0 Å². The molecule has 0 aliphatic carbocycles. The number of carbonyl (C=O) groups is 2. The molecule has 0 radical (unpaired) electrons. The number of nitrogens with zero attached hydrogens (tertiary/aromatic N) is 2. The van der Waals surface area contributed by atoms with Gasteiger partial charge in [0.25, 0.3) is 5.91 Å². The quantitative estimate of drug-likeness (QED) is 0.523. The zero-order valence-corrected chi connectivity index (χ0v) is 17.7. The number of amides is 1. The Balaban J connectivity index is 1.98. The molecule has 2 N–H and O–H groups in total. The number of carboxylic acid groups (broad SMARTS) is 1. The van der Waals surface area contributed by atoms with Crippen molar-refractivity contribution >= 4 is 27.3 Å². The van der Waals surface area contributed by atoms with E-state index in [9.17, 15) is 14.7 Å². The summed E-state index contributed by atoms with van der Waals surface area (Å²) < 4.78 is 2.00. The zero-order valence-electron chi connectivity index (χ0n) is 16.9. The molecule has 1 heterocycles. The van der Waals surface area contributed by atoms with E-state index in [-0.39, 0.29) is 27.5 Å². The minimum absolute atomic E-state index is 0.147. The average molecular weight is 413 g/mol. The van der Waals surface area contributed by atoms with Crippen LogP contribution in [0.1, 0.15) is 47.9 Å². The maximum absolute atomic E-state index is 13.2. The zero-order chi connectivity index (χ0) is 21.0. The van der Waals surface area contributed by atoms with Crippen molar-refractivity contribution in [1.82, 2.24) is 5.32 Å². The van der Waals surface area contributed by atoms with Gasteiger partial charge in [0.15, 0.2) is 6.54 Å². The van der Waals surface area contributed by atoms with Gasteiger partial charge in [-0.1, -0.05) is 65.4 Å². The number of hydrogen-bond donors (Lipinski definition) is 2. The topological polar surface area (TPSA) is 81.8 Å². The third-order valence-corrected chi connectivity index (χ3v) is 7.37. The Morgan fingerprint density at radius 2 is 1.62 bits per heavy atom.